The largest absolute Gasteiger partial charge is 0.364 e. The first kappa shape index (κ1) is 17.7. The van der Waals surface area contributed by atoms with Crippen LogP contribution in [-0.4, -0.2) is 31.4 Å². The minimum Gasteiger partial charge on any atom is -0.364 e. The van der Waals surface area contributed by atoms with E-state index in [1.54, 1.807) is 0 Å². The normalized spacial score (nSPS) is 12.8. The number of benzene rings is 2. The molecule has 0 spiro atoms. The molecule has 1 aliphatic rings. The monoisotopic (exact) mass is 349 g/mol. The Morgan fingerprint density at radius 1 is 0.885 bits per heavy atom. The Labute approximate surface area is 153 Å². The van der Waals surface area contributed by atoms with Crippen LogP contribution in [0, 0.1) is 0 Å². The molecule has 0 unspecified atom stereocenters. The molecule has 0 bridgehead atoms. The Hall–Kier alpha value is -3.08. The molecule has 5 nitrogen and oxygen atoms in total. The van der Waals surface area contributed by atoms with Crippen LogP contribution in [0.4, 0.5) is 5.69 Å². The number of nitrogens with zero attached hydrogens (tertiary/aromatic N) is 1. The fourth-order valence-electron chi connectivity index (χ4n) is 2.79. The van der Waals surface area contributed by atoms with E-state index in [4.69, 9.17) is 0 Å². The summed E-state index contributed by atoms with van der Waals surface area (Å²) in [4.78, 5) is 26.2. The summed E-state index contributed by atoms with van der Waals surface area (Å²) in [6.07, 6.45) is 4.52. The molecule has 3 rings (SSSR count). The van der Waals surface area contributed by atoms with Crippen LogP contribution < -0.4 is 15.5 Å². The number of carbonyl (C=O) groups is 2. The molecule has 0 saturated heterocycles. The van der Waals surface area contributed by atoms with Gasteiger partial charge in [0.05, 0.1) is 0 Å². The Morgan fingerprint density at radius 3 is 2.27 bits per heavy atom. The molecule has 0 aromatic heterocycles. The summed E-state index contributed by atoms with van der Waals surface area (Å²) in [5, 5.41) is 5.64. The summed E-state index contributed by atoms with van der Waals surface area (Å²) in [5.74, 6) is -0.238. The van der Waals surface area contributed by atoms with E-state index in [9.17, 15) is 9.59 Å². The van der Waals surface area contributed by atoms with Gasteiger partial charge >= 0.3 is 0 Å². The maximum Gasteiger partial charge on any atom is 0.251 e. The molecule has 134 valence electrons. The van der Waals surface area contributed by atoms with Crippen molar-refractivity contribution in [3.05, 3.63) is 77.9 Å². The molecule has 0 radical (unpaired) electrons. The summed E-state index contributed by atoms with van der Waals surface area (Å²) < 4.78 is 0. The molecule has 2 aromatic rings. The van der Waals surface area contributed by atoms with Gasteiger partial charge in [0, 0.05) is 43.9 Å². The Balaban J connectivity index is 1.38. The molecule has 2 N–H and O–H groups in total. The van der Waals surface area contributed by atoms with Gasteiger partial charge in [0.15, 0.2) is 0 Å². The standard InChI is InChI=1S/C21H23N3O2/c25-20(23-16-17-6-2-1-3-7-17)12-13-22-21(26)18-8-10-19(11-9-18)24-14-4-5-15-24/h1-11H,12-16H2,(H,22,26)(H,23,25). The van der Waals surface area contributed by atoms with E-state index >= 15 is 0 Å². The number of anilines is 1. The zero-order valence-corrected chi connectivity index (χ0v) is 14.7. The highest BCUT2D eigenvalue weighted by Gasteiger charge is 2.10. The molecule has 0 fully saturated rings. The minimum atomic E-state index is -0.160. The molecule has 1 aliphatic heterocycles. The third-order valence-corrected chi connectivity index (χ3v) is 4.28. The number of rotatable bonds is 7. The van der Waals surface area contributed by atoms with Crippen molar-refractivity contribution in [1.82, 2.24) is 10.6 Å². The fraction of sp³-hybridized carbons (Fsp3) is 0.238. The van der Waals surface area contributed by atoms with Crippen LogP contribution in [0.25, 0.3) is 0 Å². The molecule has 5 heteroatoms. The van der Waals surface area contributed by atoms with Crippen LogP contribution in [0.1, 0.15) is 22.3 Å². The summed E-state index contributed by atoms with van der Waals surface area (Å²) >= 11 is 0. The van der Waals surface area contributed by atoms with Crippen molar-refractivity contribution >= 4 is 17.5 Å². The number of carbonyl (C=O) groups excluding carboxylic acids is 2. The van der Waals surface area contributed by atoms with E-state index in [0.29, 0.717) is 18.7 Å². The predicted molar refractivity (Wildman–Crippen MR) is 103 cm³/mol. The molecule has 0 atom stereocenters. The number of hydrogen-bond acceptors (Lipinski definition) is 3. The van der Waals surface area contributed by atoms with Crippen LogP contribution in [0.2, 0.25) is 0 Å². The molecule has 2 aromatic carbocycles. The second kappa shape index (κ2) is 8.85. The topological polar surface area (TPSA) is 61.4 Å². The first-order valence-corrected chi connectivity index (χ1v) is 8.81. The summed E-state index contributed by atoms with van der Waals surface area (Å²) in [6.45, 7) is 2.63. The Bertz CT molecular complexity index is 762. The molecule has 1 heterocycles. The van der Waals surface area contributed by atoms with Crippen LogP contribution in [0.3, 0.4) is 0 Å². The number of nitrogens with one attached hydrogen (secondary N) is 2. The second-order valence-electron chi connectivity index (χ2n) is 6.19. The third-order valence-electron chi connectivity index (χ3n) is 4.28. The van der Waals surface area contributed by atoms with E-state index in [0.717, 1.165) is 24.3 Å². The zero-order chi connectivity index (χ0) is 18.2. The van der Waals surface area contributed by atoms with E-state index < -0.39 is 0 Å². The van der Waals surface area contributed by atoms with E-state index in [1.165, 1.54) is 0 Å². The van der Waals surface area contributed by atoms with Crippen molar-refractivity contribution in [2.45, 2.75) is 13.0 Å². The summed E-state index contributed by atoms with van der Waals surface area (Å²) in [5.41, 5.74) is 2.76. The highest BCUT2D eigenvalue weighted by molar-refractivity contribution is 5.94. The maximum atomic E-state index is 12.2. The molecule has 0 aliphatic carbocycles. The van der Waals surface area contributed by atoms with Gasteiger partial charge in [-0.05, 0) is 29.8 Å². The molecule has 2 amide bonds. The average molecular weight is 349 g/mol. The quantitative estimate of drug-likeness (QED) is 0.755. The molecule has 26 heavy (non-hydrogen) atoms. The molecular weight excluding hydrogens is 326 g/mol. The fourth-order valence-corrected chi connectivity index (χ4v) is 2.79. The van der Waals surface area contributed by atoms with Crippen molar-refractivity contribution in [3.8, 4) is 0 Å². The van der Waals surface area contributed by atoms with E-state index in [1.807, 2.05) is 54.6 Å². The van der Waals surface area contributed by atoms with Gasteiger partial charge in [-0.3, -0.25) is 9.59 Å². The lowest BCUT2D eigenvalue weighted by Gasteiger charge is -2.17. The lowest BCUT2D eigenvalue weighted by Crippen LogP contribution is -2.30. The van der Waals surface area contributed by atoms with E-state index in [-0.39, 0.29) is 18.2 Å². The van der Waals surface area contributed by atoms with Crippen molar-refractivity contribution < 1.29 is 9.59 Å². The van der Waals surface area contributed by atoms with Gasteiger partial charge in [-0.15, -0.1) is 0 Å². The number of amides is 2. The van der Waals surface area contributed by atoms with Gasteiger partial charge in [0.2, 0.25) is 5.91 Å². The Morgan fingerprint density at radius 2 is 1.58 bits per heavy atom. The highest BCUT2D eigenvalue weighted by atomic mass is 16.2. The second-order valence-corrected chi connectivity index (χ2v) is 6.19. The highest BCUT2D eigenvalue weighted by Crippen LogP contribution is 2.17. The van der Waals surface area contributed by atoms with E-state index in [2.05, 4.69) is 27.7 Å². The number of hydrogen-bond donors (Lipinski definition) is 2. The van der Waals surface area contributed by atoms with Gasteiger partial charge in [-0.1, -0.05) is 42.5 Å². The van der Waals surface area contributed by atoms with Crippen molar-refractivity contribution in [2.75, 3.05) is 24.5 Å². The van der Waals surface area contributed by atoms with Crippen molar-refractivity contribution in [2.24, 2.45) is 0 Å². The lowest BCUT2D eigenvalue weighted by atomic mass is 10.2. The molecular formula is C21H23N3O2. The molecule has 0 saturated carbocycles. The van der Waals surface area contributed by atoms with Crippen molar-refractivity contribution in [3.63, 3.8) is 0 Å². The predicted octanol–water partition coefficient (Wildman–Crippen LogP) is 2.50. The maximum absolute atomic E-state index is 12.2. The summed E-state index contributed by atoms with van der Waals surface area (Å²) in [7, 11) is 0. The zero-order valence-electron chi connectivity index (χ0n) is 14.7. The average Bonchev–Trinajstić information content (AvgIpc) is 3.22. The first-order valence-electron chi connectivity index (χ1n) is 8.81. The van der Waals surface area contributed by atoms with Gasteiger partial charge in [0.25, 0.3) is 5.91 Å². The minimum absolute atomic E-state index is 0.0777. The first-order chi connectivity index (χ1) is 12.7. The smallest absolute Gasteiger partial charge is 0.251 e. The van der Waals surface area contributed by atoms with Crippen LogP contribution in [0.5, 0.6) is 0 Å². The third kappa shape index (κ3) is 4.96. The SMILES string of the molecule is O=C(CCNC(=O)c1ccc(N2CC=CC2)cc1)NCc1ccccc1. The van der Waals surface area contributed by atoms with Crippen LogP contribution in [-0.2, 0) is 11.3 Å². The lowest BCUT2D eigenvalue weighted by molar-refractivity contribution is -0.121. The van der Waals surface area contributed by atoms with Crippen molar-refractivity contribution in [1.29, 1.82) is 0 Å². The van der Waals surface area contributed by atoms with Gasteiger partial charge in [-0.2, -0.15) is 0 Å². The van der Waals surface area contributed by atoms with Gasteiger partial charge < -0.3 is 15.5 Å². The van der Waals surface area contributed by atoms with Gasteiger partial charge in [-0.25, -0.2) is 0 Å². The van der Waals surface area contributed by atoms with Crippen LogP contribution in [0.15, 0.2) is 66.7 Å². The summed E-state index contributed by atoms with van der Waals surface area (Å²) in [6, 6.07) is 17.3. The van der Waals surface area contributed by atoms with Crippen LogP contribution >= 0.6 is 0 Å². The van der Waals surface area contributed by atoms with Gasteiger partial charge in [0.1, 0.15) is 0 Å². The Kier molecular flexibility index (Phi) is 6.04.